The monoisotopic (exact) mass is 281 g/mol. The number of likely N-dealkylation sites (tertiary alicyclic amines) is 1. The summed E-state index contributed by atoms with van der Waals surface area (Å²) in [6, 6.07) is 1.23. The first-order valence-corrected chi connectivity index (χ1v) is 8.33. The van der Waals surface area contributed by atoms with Crippen molar-refractivity contribution in [3.8, 4) is 0 Å². The Morgan fingerprint density at radius 2 is 2.21 bits per heavy atom. The van der Waals surface area contributed by atoms with E-state index in [1.165, 1.54) is 30.1 Å². The molecule has 0 radical (unpaired) electrons. The van der Waals surface area contributed by atoms with Gasteiger partial charge in [0.1, 0.15) is 5.01 Å². The summed E-state index contributed by atoms with van der Waals surface area (Å²) in [7, 11) is 0. The maximum Gasteiger partial charge on any atom is 0.107 e. The molecule has 0 aromatic carbocycles. The van der Waals surface area contributed by atoms with Crippen molar-refractivity contribution >= 4 is 11.3 Å². The molecule has 0 amide bonds. The van der Waals surface area contributed by atoms with Crippen molar-refractivity contribution in [3.63, 3.8) is 0 Å². The quantitative estimate of drug-likeness (QED) is 0.898. The molecule has 1 aromatic heterocycles. The standard InChI is InChI=1S/C15H27N3S/c1-11(2)16-7-15-17-14(10-19-15)9-18-8-12(3)5-6-13(18)4/h10-13,16H,5-9H2,1-4H3. The molecule has 0 bridgehead atoms. The van der Waals surface area contributed by atoms with Crippen molar-refractivity contribution in [2.45, 2.75) is 65.7 Å². The zero-order valence-corrected chi connectivity index (χ0v) is 13.5. The molecule has 2 rings (SSSR count). The number of hydrogen-bond acceptors (Lipinski definition) is 4. The van der Waals surface area contributed by atoms with Crippen molar-refractivity contribution in [3.05, 3.63) is 16.1 Å². The molecule has 1 aliphatic rings. The topological polar surface area (TPSA) is 28.2 Å². The highest BCUT2D eigenvalue weighted by Crippen LogP contribution is 2.23. The van der Waals surface area contributed by atoms with E-state index in [1.807, 2.05) is 0 Å². The number of rotatable bonds is 5. The SMILES string of the molecule is CC1CCC(C)N(Cc2csc(CNC(C)C)n2)C1. The number of aromatic nitrogens is 1. The van der Waals surface area contributed by atoms with E-state index in [1.54, 1.807) is 11.3 Å². The van der Waals surface area contributed by atoms with Crippen LogP contribution in [-0.2, 0) is 13.1 Å². The fourth-order valence-electron chi connectivity index (χ4n) is 2.60. The van der Waals surface area contributed by atoms with E-state index in [0.717, 1.165) is 19.0 Å². The van der Waals surface area contributed by atoms with Crippen molar-refractivity contribution in [1.82, 2.24) is 15.2 Å². The first kappa shape index (κ1) is 14.9. The second kappa shape index (κ2) is 6.82. The highest BCUT2D eigenvalue weighted by molar-refractivity contribution is 7.09. The van der Waals surface area contributed by atoms with Gasteiger partial charge in [0.25, 0.3) is 0 Å². The Morgan fingerprint density at radius 3 is 2.95 bits per heavy atom. The van der Waals surface area contributed by atoms with Gasteiger partial charge in [0.05, 0.1) is 5.69 Å². The lowest BCUT2D eigenvalue weighted by Gasteiger charge is -2.36. The molecule has 0 saturated carbocycles. The molecule has 1 fully saturated rings. The van der Waals surface area contributed by atoms with Crippen LogP contribution in [0.25, 0.3) is 0 Å². The molecule has 0 aliphatic carbocycles. The largest absolute Gasteiger partial charge is 0.308 e. The van der Waals surface area contributed by atoms with Gasteiger partial charge >= 0.3 is 0 Å². The molecule has 2 unspecified atom stereocenters. The lowest BCUT2D eigenvalue weighted by Crippen LogP contribution is -2.40. The van der Waals surface area contributed by atoms with Crippen LogP contribution in [0.2, 0.25) is 0 Å². The molecular formula is C15H27N3S. The summed E-state index contributed by atoms with van der Waals surface area (Å²) in [6.45, 7) is 12.2. The maximum absolute atomic E-state index is 4.75. The van der Waals surface area contributed by atoms with Crippen LogP contribution in [0.1, 0.15) is 51.2 Å². The summed E-state index contributed by atoms with van der Waals surface area (Å²) in [4.78, 5) is 7.34. The molecule has 1 saturated heterocycles. The maximum atomic E-state index is 4.75. The van der Waals surface area contributed by atoms with Gasteiger partial charge in [-0.2, -0.15) is 0 Å². The fourth-order valence-corrected chi connectivity index (χ4v) is 3.34. The van der Waals surface area contributed by atoms with E-state index in [9.17, 15) is 0 Å². The van der Waals surface area contributed by atoms with Gasteiger partial charge in [0.15, 0.2) is 0 Å². The number of hydrogen-bond donors (Lipinski definition) is 1. The minimum absolute atomic E-state index is 0.523. The predicted octanol–water partition coefficient (Wildman–Crippen LogP) is 3.26. The molecule has 4 heteroatoms. The highest BCUT2D eigenvalue weighted by atomic mass is 32.1. The van der Waals surface area contributed by atoms with Gasteiger partial charge in [-0.25, -0.2) is 4.98 Å². The Morgan fingerprint density at radius 1 is 1.42 bits per heavy atom. The zero-order valence-electron chi connectivity index (χ0n) is 12.6. The molecule has 0 spiro atoms. The van der Waals surface area contributed by atoms with Crippen LogP contribution in [0.4, 0.5) is 0 Å². The summed E-state index contributed by atoms with van der Waals surface area (Å²) in [5.41, 5.74) is 1.24. The molecule has 1 N–H and O–H groups in total. The molecule has 1 aliphatic heterocycles. The number of nitrogens with zero attached hydrogens (tertiary/aromatic N) is 2. The van der Waals surface area contributed by atoms with Crippen LogP contribution >= 0.6 is 11.3 Å². The minimum Gasteiger partial charge on any atom is -0.308 e. The average Bonchev–Trinajstić information content (AvgIpc) is 2.79. The van der Waals surface area contributed by atoms with Gasteiger partial charge in [-0.1, -0.05) is 20.8 Å². The van der Waals surface area contributed by atoms with Crippen molar-refractivity contribution in [1.29, 1.82) is 0 Å². The summed E-state index contributed by atoms with van der Waals surface area (Å²) < 4.78 is 0. The Kier molecular flexibility index (Phi) is 5.37. The van der Waals surface area contributed by atoms with Gasteiger partial charge in [-0.15, -0.1) is 11.3 Å². The zero-order chi connectivity index (χ0) is 13.8. The van der Waals surface area contributed by atoms with E-state index in [4.69, 9.17) is 4.98 Å². The van der Waals surface area contributed by atoms with E-state index >= 15 is 0 Å². The minimum atomic E-state index is 0.523. The lowest BCUT2D eigenvalue weighted by atomic mass is 9.95. The van der Waals surface area contributed by atoms with Gasteiger partial charge in [0.2, 0.25) is 0 Å². The fraction of sp³-hybridized carbons (Fsp3) is 0.800. The number of nitrogens with one attached hydrogen (secondary N) is 1. The number of thiazole rings is 1. The van der Waals surface area contributed by atoms with Gasteiger partial charge in [0, 0.05) is 37.1 Å². The second-order valence-electron chi connectivity index (χ2n) is 6.23. The van der Waals surface area contributed by atoms with Crippen LogP contribution in [0.3, 0.4) is 0 Å². The summed E-state index contributed by atoms with van der Waals surface area (Å²) in [6.07, 6.45) is 2.70. The normalized spacial score (nSPS) is 25.1. The Labute approximate surface area is 121 Å². The molecule has 108 valence electrons. The van der Waals surface area contributed by atoms with Crippen LogP contribution in [0.5, 0.6) is 0 Å². The van der Waals surface area contributed by atoms with Gasteiger partial charge < -0.3 is 5.32 Å². The third-order valence-electron chi connectivity index (χ3n) is 3.87. The first-order chi connectivity index (χ1) is 9.04. The molecule has 19 heavy (non-hydrogen) atoms. The molecule has 3 nitrogen and oxygen atoms in total. The average molecular weight is 281 g/mol. The van der Waals surface area contributed by atoms with Gasteiger partial charge in [-0.3, -0.25) is 4.90 Å². The Bertz CT molecular complexity index is 388. The second-order valence-corrected chi connectivity index (χ2v) is 7.17. The summed E-state index contributed by atoms with van der Waals surface area (Å²) in [5.74, 6) is 0.830. The van der Waals surface area contributed by atoms with E-state index in [0.29, 0.717) is 12.1 Å². The highest BCUT2D eigenvalue weighted by Gasteiger charge is 2.23. The van der Waals surface area contributed by atoms with Crippen molar-refractivity contribution in [2.24, 2.45) is 5.92 Å². The Hall–Kier alpha value is -0.450. The number of piperidine rings is 1. The molecular weight excluding hydrogens is 254 g/mol. The molecule has 2 atom stereocenters. The van der Waals surface area contributed by atoms with Crippen molar-refractivity contribution < 1.29 is 0 Å². The summed E-state index contributed by atoms with van der Waals surface area (Å²) >= 11 is 1.78. The van der Waals surface area contributed by atoms with Crippen LogP contribution in [0, 0.1) is 5.92 Å². The van der Waals surface area contributed by atoms with E-state index in [-0.39, 0.29) is 0 Å². The Balaban J connectivity index is 1.88. The van der Waals surface area contributed by atoms with Crippen LogP contribution in [0.15, 0.2) is 5.38 Å². The van der Waals surface area contributed by atoms with E-state index < -0.39 is 0 Å². The third-order valence-corrected chi connectivity index (χ3v) is 4.77. The smallest absolute Gasteiger partial charge is 0.107 e. The van der Waals surface area contributed by atoms with Crippen molar-refractivity contribution in [2.75, 3.05) is 6.54 Å². The lowest BCUT2D eigenvalue weighted by molar-refractivity contribution is 0.116. The summed E-state index contributed by atoms with van der Waals surface area (Å²) in [5, 5.41) is 6.86. The predicted molar refractivity (Wildman–Crippen MR) is 82.4 cm³/mol. The molecule has 2 heterocycles. The first-order valence-electron chi connectivity index (χ1n) is 7.45. The van der Waals surface area contributed by atoms with Gasteiger partial charge in [-0.05, 0) is 25.7 Å². The van der Waals surface area contributed by atoms with E-state index in [2.05, 4.69) is 43.3 Å². The van der Waals surface area contributed by atoms with Crippen LogP contribution < -0.4 is 5.32 Å². The van der Waals surface area contributed by atoms with Crippen LogP contribution in [-0.4, -0.2) is 28.5 Å². The molecule has 1 aromatic rings. The third kappa shape index (κ3) is 4.55.